The van der Waals surface area contributed by atoms with Gasteiger partial charge < -0.3 is 14.4 Å². The average Bonchev–Trinajstić information content (AvgIpc) is 2.28. The molecule has 3 nitrogen and oxygen atoms in total. The van der Waals surface area contributed by atoms with E-state index in [1.54, 1.807) is 0 Å². The molecule has 1 fully saturated rings. The number of morpholine rings is 1. The second-order valence-corrected chi connectivity index (χ2v) is 4.46. The van der Waals surface area contributed by atoms with E-state index in [0.717, 1.165) is 30.5 Å². The lowest BCUT2D eigenvalue weighted by Gasteiger charge is -2.29. The number of nitrogens with zero attached hydrogens (tertiary/aromatic N) is 1. The van der Waals surface area contributed by atoms with Crippen molar-refractivity contribution in [2.45, 2.75) is 6.10 Å². The van der Waals surface area contributed by atoms with Crippen LogP contribution in [0.5, 0.6) is 5.75 Å². The molecule has 1 aromatic carbocycles. The van der Waals surface area contributed by atoms with Gasteiger partial charge in [-0.25, -0.2) is 0 Å². The van der Waals surface area contributed by atoms with Crippen LogP contribution in [0.15, 0.2) is 24.3 Å². The quantitative estimate of drug-likeness (QED) is 0.809. The SMILES string of the molecule is CN1CCOC(COc2ccc(Cl)cc2)C1. The molecule has 0 N–H and O–H groups in total. The van der Waals surface area contributed by atoms with Crippen LogP contribution in [0.4, 0.5) is 0 Å². The van der Waals surface area contributed by atoms with Crippen molar-refractivity contribution in [1.82, 2.24) is 4.90 Å². The van der Waals surface area contributed by atoms with E-state index in [0.29, 0.717) is 6.61 Å². The number of hydrogen-bond acceptors (Lipinski definition) is 3. The van der Waals surface area contributed by atoms with Gasteiger partial charge in [-0.3, -0.25) is 0 Å². The van der Waals surface area contributed by atoms with Crippen LogP contribution in [0.1, 0.15) is 0 Å². The minimum atomic E-state index is 0.162. The first-order chi connectivity index (χ1) is 7.74. The molecular formula is C12H16ClNO2. The Balaban J connectivity index is 1.80. The molecule has 1 aliphatic heterocycles. The lowest BCUT2D eigenvalue weighted by molar-refractivity contribution is -0.0403. The molecule has 0 aromatic heterocycles. The molecule has 1 aromatic rings. The summed E-state index contributed by atoms with van der Waals surface area (Å²) in [6.45, 7) is 3.29. The van der Waals surface area contributed by atoms with Gasteiger partial charge in [-0.1, -0.05) is 11.6 Å². The van der Waals surface area contributed by atoms with Gasteiger partial charge in [0.05, 0.1) is 6.61 Å². The van der Waals surface area contributed by atoms with Crippen LogP contribution < -0.4 is 4.74 Å². The van der Waals surface area contributed by atoms with Crippen molar-refractivity contribution in [3.63, 3.8) is 0 Å². The average molecular weight is 242 g/mol. The molecule has 1 aliphatic rings. The van der Waals surface area contributed by atoms with Crippen molar-refractivity contribution in [1.29, 1.82) is 0 Å². The summed E-state index contributed by atoms with van der Waals surface area (Å²) in [4.78, 5) is 2.25. The summed E-state index contributed by atoms with van der Waals surface area (Å²) in [5, 5.41) is 0.723. The summed E-state index contributed by atoms with van der Waals surface area (Å²) in [6.07, 6.45) is 0.162. The van der Waals surface area contributed by atoms with Crippen LogP contribution >= 0.6 is 11.6 Å². The molecule has 1 saturated heterocycles. The Bertz CT molecular complexity index is 328. The van der Waals surface area contributed by atoms with Gasteiger partial charge in [0.1, 0.15) is 18.5 Å². The Labute approximate surface area is 101 Å². The van der Waals surface area contributed by atoms with Crippen molar-refractivity contribution < 1.29 is 9.47 Å². The van der Waals surface area contributed by atoms with E-state index in [1.807, 2.05) is 24.3 Å². The topological polar surface area (TPSA) is 21.7 Å². The number of halogens is 1. The normalized spacial score (nSPS) is 22.0. The zero-order chi connectivity index (χ0) is 11.4. The van der Waals surface area contributed by atoms with Crippen molar-refractivity contribution >= 4 is 11.6 Å². The van der Waals surface area contributed by atoms with E-state index in [-0.39, 0.29) is 6.10 Å². The predicted octanol–water partition coefficient (Wildman–Crippen LogP) is 2.05. The molecule has 16 heavy (non-hydrogen) atoms. The maximum absolute atomic E-state index is 5.79. The van der Waals surface area contributed by atoms with Gasteiger partial charge in [0.2, 0.25) is 0 Å². The van der Waals surface area contributed by atoms with Crippen molar-refractivity contribution in [3.8, 4) is 5.75 Å². The Morgan fingerprint density at radius 2 is 2.19 bits per heavy atom. The maximum atomic E-state index is 5.79. The highest BCUT2D eigenvalue weighted by Crippen LogP contribution is 2.16. The lowest BCUT2D eigenvalue weighted by atomic mass is 10.3. The van der Waals surface area contributed by atoms with Crippen molar-refractivity contribution in [3.05, 3.63) is 29.3 Å². The molecule has 0 radical (unpaired) electrons. The van der Waals surface area contributed by atoms with Crippen LogP contribution in [-0.4, -0.2) is 44.4 Å². The molecule has 1 atom stereocenters. The van der Waals surface area contributed by atoms with Gasteiger partial charge in [0.15, 0.2) is 0 Å². The number of rotatable bonds is 3. The predicted molar refractivity (Wildman–Crippen MR) is 64.2 cm³/mol. The summed E-state index contributed by atoms with van der Waals surface area (Å²) < 4.78 is 11.2. The van der Waals surface area contributed by atoms with E-state index in [1.165, 1.54) is 0 Å². The van der Waals surface area contributed by atoms with Gasteiger partial charge in [-0.2, -0.15) is 0 Å². The third kappa shape index (κ3) is 3.37. The molecule has 0 saturated carbocycles. The monoisotopic (exact) mass is 241 g/mol. The smallest absolute Gasteiger partial charge is 0.119 e. The van der Waals surface area contributed by atoms with Crippen LogP contribution in [-0.2, 0) is 4.74 Å². The van der Waals surface area contributed by atoms with Crippen LogP contribution in [0.25, 0.3) is 0 Å². The molecule has 2 rings (SSSR count). The highest BCUT2D eigenvalue weighted by atomic mass is 35.5. The highest BCUT2D eigenvalue weighted by molar-refractivity contribution is 6.30. The Morgan fingerprint density at radius 3 is 2.88 bits per heavy atom. The summed E-state index contributed by atoms with van der Waals surface area (Å²) in [5.41, 5.74) is 0. The molecule has 1 heterocycles. The zero-order valence-electron chi connectivity index (χ0n) is 9.36. The summed E-state index contributed by atoms with van der Waals surface area (Å²) in [7, 11) is 2.10. The van der Waals surface area contributed by atoms with E-state index in [9.17, 15) is 0 Å². The van der Waals surface area contributed by atoms with Crippen LogP contribution in [0.3, 0.4) is 0 Å². The van der Waals surface area contributed by atoms with Gasteiger partial charge in [-0.15, -0.1) is 0 Å². The van der Waals surface area contributed by atoms with Gasteiger partial charge in [0, 0.05) is 18.1 Å². The first kappa shape index (κ1) is 11.7. The summed E-state index contributed by atoms with van der Waals surface area (Å²) in [6, 6.07) is 7.39. The fourth-order valence-corrected chi connectivity index (χ4v) is 1.81. The van der Waals surface area contributed by atoms with Gasteiger partial charge in [-0.05, 0) is 31.3 Å². The number of ether oxygens (including phenoxy) is 2. The molecule has 1 unspecified atom stereocenters. The Hall–Kier alpha value is -0.770. The molecule has 88 valence electrons. The first-order valence-electron chi connectivity index (χ1n) is 5.42. The van der Waals surface area contributed by atoms with E-state index in [4.69, 9.17) is 21.1 Å². The van der Waals surface area contributed by atoms with Gasteiger partial charge in [0.25, 0.3) is 0 Å². The second kappa shape index (κ2) is 5.53. The lowest BCUT2D eigenvalue weighted by Crippen LogP contribution is -2.42. The number of benzene rings is 1. The minimum absolute atomic E-state index is 0.162. The van der Waals surface area contributed by atoms with Gasteiger partial charge >= 0.3 is 0 Å². The highest BCUT2D eigenvalue weighted by Gasteiger charge is 2.17. The van der Waals surface area contributed by atoms with E-state index < -0.39 is 0 Å². The van der Waals surface area contributed by atoms with Crippen molar-refractivity contribution in [2.24, 2.45) is 0 Å². The third-order valence-corrected chi connectivity index (χ3v) is 2.84. The standard InChI is InChI=1S/C12H16ClNO2/c1-14-6-7-15-12(8-14)9-16-11-4-2-10(13)3-5-11/h2-5,12H,6-9H2,1H3. The molecule has 0 spiro atoms. The molecule has 0 bridgehead atoms. The first-order valence-corrected chi connectivity index (χ1v) is 5.80. The van der Waals surface area contributed by atoms with E-state index >= 15 is 0 Å². The molecular weight excluding hydrogens is 226 g/mol. The number of hydrogen-bond donors (Lipinski definition) is 0. The summed E-state index contributed by atoms with van der Waals surface area (Å²) >= 11 is 5.79. The molecule has 0 aliphatic carbocycles. The third-order valence-electron chi connectivity index (χ3n) is 2.59. The fourth-order valence-electron chi connectivity index (χ4n) is 1.69. The molecule has 0 amide bonds. The van der Waals surface area contributed by atoms with Crippen molar-refractivity contribution in [2.75, 3.05) is 33.4 Å². The largest absolute Gasteiger partial charge is 0.491 e. The summed E-state index contributed by atoms with van der Waals surface area (Å²) in [5.74, 6) is 0.834. The Kier molecular flexibility index (Phi) is 4.04. The van der Waals surface area contributed by atoms with Crippen LogP contribution in [0.2, 0.25) is 5.02 Å². The molecule has 4 heteroatoms. The zero-order valence-corrected chi connectivity index (χ0v) is 10.1. The van der Waals surface area contributed by atoms with E-state index in [2.05, 4.69) is 11.9 Å². The maximum Gasteiger partial charge on any atom is 0.119 e. The minimum Gasteiger partial charge on any atom is -0.491 e. The van der Waals surface area contributed by atoms with Crippen LogP contribution in [0, 0.1) is 0 Å². The second-order valence-electron chi connectivity index (χ2n) is 4.02. The fraction of sp³-hybridized carbons (Fsp3) is 0.500. The number of likely N-dealkylation sites (N-methyl/N-ethyl adjacent to an activating group) is 1. The Morgan fingerprint density at radius 1 is 1.44 bits per heavy atom.